The maximum absolute atomic E-state index is 15.0. The first-order chi connectivity index (χ1) is 26.8. The smallest absolute Gasteiger partial charge is 0.331 e. The highest BCUT2D eigenvalue weighted by Crippen LogP contribution is 2.64. The Bertz CT molecular complexity index is 2260. The molecule has 13 nitrogen and oxygen atoms in total. The molecule has 3 N–H and O–H groups in total. The Labute approximate surface area is 329 Å². The summed E-state index contributed by atoms with van der Waals surface area (Å²) in [6.07, 6.45) is 1.85. The van der Waals surface area contributed by atoms with Crippen LogP contribution in [0.5, 0.6) is 34.5 Å². The van der Waals surface area contributed by atoms with E-state index >= 15 is 0 Å². The van der Waals surface area contributed by atoms with Gasteiger partial charge in [0.15, 0.2) is 28.5 Å². The van der Waals surface area contributed by atoms with Crippen molar-refractivity contribution in [2.45, 2.75) is 101 Å². The molecule has 2 saturated heterocycles. The normalized spacial score (nSPS) is 30.0. The van der Waals surface area contributed by atoms with Crippen molar-refractivity contribution in [2.75, 3.05) is 33.3 Å². The van der Waals surface area contributed by atoms with Crippen molar-refractivity contribution >= 4 is 23.7 Å². The van der Waals surface area contributed by atoms with E-state index in [0.717, 1.165) is 34.2 Å². The molecule has 56 heavy (non-hydrogen) atoms. The average molecular weight is 783 g/mol. The molecule has 7 heterocycles. The summed E-state index contributed by atoms with van der Waals surface area (Å²) >= 11 is 1.53. The molecule has 7 aliphatic heterocycles. The number of fused-ring (bicyclic) bond motifs is 9. The second-order valence-corrected chi connectivity index (χ2v) is 17.1. The van der Waals surface area contributed by atoms with Crippen LogP contribution >= 0.6 is 11.8 Å². The van der Waals surface area contributed by atoms with E-state index in [4.69, 9.17) is 23.7 Å². The van der Waals surface area contributed by atoms with Crippen LogP contribution in [-0.4, -0.2) is 89.4 Å². The molecule has 10 rings (SSSR count). The Balaban J connectivity index is 1.34. The fourth-order valence-electron chi connectivity index (χ4n) is 10.6. The molecule has 0 aromatic heterocycles. The van der Waals surface area contributed by atoms with E-state index in [1.165, 1.54) is 18.7 Å². The number of rotatable bonds is 3. The van der Waals surface area contributed by atoms with Crippen molar-refractivity contribution in [1.29, 1.82) is 5.26 Å². The minimum atomic E-state index is -1.31. The number of carbonyl (C=O) groups is 2. The molecule has 3 aromatic carbocycles. The lowest BCUT2D eigenvalue weighted by Crippen LogP contribution is -2.69. The van der Waals surface area contributed by atoms with Crippen LogP contribution in [0.2, 0.25) is 0 Å². The number of nitriles is 1. The number of nitrogens with zero attached hydrogens (tertiary/aromatic N) is 3. The maximum Gasteiger partial charge on any atom is 0.331 e. The van der Waals surface area contributed by atoms with Crippen LogP contribution in [0.4, 0.5) is 0 Å². The number of nitrogens with one attached hydrogen (secondary N) is 1. The van der Waals surface area contributed by atoms with Crippen LogP contribution in [0.1, 0.15) is 87.7 Å². The molecule has 4 bridgehead atoms. The van der Waals surface area contributed by atoms with Gasteiger partial charge in [0, 0.05) is 53.1 Å². The second-order valence-electron chi connectivity index (χ2n) is 16.0. The number of methoxy groups -OCH3 is 1. The van der Waals surface area contributed by atoms with Gasteiger partial charge < -0.3 is 33.9 Å². The third-order valence-corrected chi connectivity index (χ3v) is 14.5. The van der Waals surface area contributed by atoms with Gasteiger partial charge >= 0.3 is 11.9 Å². The third kappa shape index (κ3) is 5.03. The minimum absolute atomic E-state index is 0.0512. The lowest BCUT2D eigenvalue weighted by molar-refractivity contribution is -0.157. The molecule has 8 atom stereocenters. The van der Waals surface area contributed by atoms with Gasteiger partial charge in [-0.25, -0.2) is 4.79 Å². The maximum atomic E-state index is 15.0. The van der Waals surface area contributed by atoms with Crippen molar-refractivity contribution in [1.82, 2.24) is 15.1 Å². The van der Waals surface area contributed by atoms with Crippen molar-refractivity contribution in [3.05, 3.63) is 68.3 Å². The van der Waals surface area contributed by atoms with Crippen LogP contribution in [0.25, 0.3) is 0 Å². The number of piperazine rings is 1. The number of carbonyl (C=O) groups excluding carboxylic acids is 2. The molecule has 0 amide bonds. The summed E-state index contributed by atoms with van der Waals surface area (Å²) in [5, 5.41) is 37.3. The number of thioether (sulfide) groups is 1. The summed E-state index contributed by atoms with van der Waals surface area (Å²) in [6, 6.07) is 5.61. The molecule has 7 aliphatic rings. The van der Waals surface area contributed by atoms with Gasteiger partial charge in [-0.05, 0) is 87.0 Å². The standard InChI is InChI=1S/C42H46N4O9S/c1-8-24-11-22-13-29(48)18(2)10-25(22)42(44-24)16-56-40-32-31(39-38(53-17-54-39)20(4)37(32)55-21(5)47)28(15-52-41(42)50)46-27(14-43)26-12-23-9-19(3)36(51-7)35(49)30(23)33(34(40)46)45(26)6/h9-10,13,24,26-28,33-34,40,44,48-49H,8,11-12,15-17H2,1-7H3/t24?,26-,27+,28-,33-,34?,40-,42-/m1/s1. The van der Waals surface area contributed by atoms with Gasteiger partial charge in [0.25, 0.3) is 0 Å². The van der Waals surface area contributed by atoms with Crippen LogP contribution < -0.4 is 24.3 Å². The van der Waals surface area contributed by atoms with Gasteiger partial charge in [-0.1, -0.05) is 13.0 Å². The van der Waals surface area contributed by atoms with E-state index in [1.54, 1.807) is 13.2 Å². The first kappa shape index (κ1) is 36.9. The van der Waals surface area contributed by atoms with Gasteiger partial charge in [0.2, 0.25) is 6.79 Å². The van der Waals surface area contributed by atoms with Crippen LogP contribution in [-0.2, 0) is 32.7 Å². The van der Waals surface area contributed by atoms with Gasteiger partial charge in [0.1, 0.15) is 24.1 Å². The second kappa shape index (κ2) is 13.2. The zero-order valence-corrected chi connectivity index (χ0v) is 33.3. The Morgan fingerprint density at radius 3 is 2.54 bits per heavy atom. The first-order valence-electron chi connectivity index (χ1n) is 19.2. The van der Waals surface area contributed by atoms with E-state index < -0.39 is 46.9 Å². The molecule has 1 spiro atoms. The molecule has 2 unspecified atom stereocenters. The van der Waals surface area contributed by atoms with Gasteiger partial charge in [0.05, 0.1) is 30.5 Å². The number of phenolic OH excluding ortho intramolecular Hbond substituents is 2. The molecule has 3 aromatic rings. The first-order valence-corrected chi connectivity index (χ1v) is 20.2. The molecule has 14 heteroatoms. The lowest BCUT2D eigenvalue weighted by atomic mass is 9.71. The monoisotopic (exact) mass is 782 g/mol. The predicted octanol–water partition coefficient (Wildman–Crippen LogP) is 5.07. The zero-order chi connectivity index (χ0) is 39.5. The van der Waals surface area contributed by atoms with E-state index in [-0.39, 0.29) is 42.7 Å². The van der Waals surface area contributed by atoms with E-state index in [2.05, 4.69) is 34.2 Å². The van der Waals surface area contributed by atoms with Gasteiger partial charge in [-0.2, -0.15) is 5.26 Å². The van der Waals surface area contributed by atoms with Crippen LogP contribution in [0, 0.1) is 32.1 Å². The summed E-state index contributed by atoms with van der Waals surface area (Å²) < 4.78 is 30.8. The molecular weight excluding hydrogens is 737 g/mol. The Morgan fingerprint density at radius 1 is 1.05 bits per heavy atom. The minimum Gasteiger partial charge on any atom is -0.508 e. The van der Waals surface area contributed by atoms with Crippen LogP contribution in [0.3, 0.4) is 0 Å². The SMILES string of the molecule is CCC1Cc2cc(O)c(C)cc2[C@@]2(CS[C@@H]3c4c(OC(C)=O)c(C)c5c(c4[C@@H](COC2=O)N2C3[C@H]3c4c(cc(C)c(OC)c4O)C[C@H]([C@@H]2C#N)N3C)OCO5)N1. The van der Waals surface area contributed by atoms with E-state index in [1.807, 2.05) is 33.9 Å². The highest BCUT2D eigenvalue weighted by atomic mass is 32.2. The fourth-order valence-corrected chi connectivity index (χ4v) is 12.2. The van der Waals surface area contributed by atoms with Crippen molar-refractivity contribution in [3.8, 4) is 40.6 Å². The molecule has 0 radical (unpaired) electrons. The number of aromatic hydroxyl groups is 2. The summed E-state index contributed by atoms with van der Waals surface area (Å²) in [4.78, 5) is 32.3. The van der Waals surface area contributed by atoms with Gasteiger partial charge in [-0.3, -0.25) is 19.9 Å². The summed E-state index contributed by atoms with van der Waals surface area (Å²) in [5.41, 5.74) is 5.41. The molecular formula is C42H46N4O9S. The summed E-state index contributed by atoms with van der Waals surface area (Å²) in [5.74, 6) is 1.13. The molecule has 2 fully saturated rings. The van der Waals surface area contributed by atoms with Crippen LogP contribution in [0.15, 0.2) is 18.2 Å². The highest BCUT2D eigenvalue weighted by Gasteiger charge is 2.62. The number of aryl methyl sites for hydroxylation is 2. The number of ether oxygens (including phenoxy) is 5. The number of phenols is 2. The Hall–Kier alpha value is -4.68. The number of benzene rings is 3. The van der Waals surface area contributed by atoms with E-state index in [9.17, 15) is 25.1 Å². The topological polar surface area (TPSA) is 163 Å². The summed E-state index contributed by atoms with van der Waals surface area (Å²) in [6.45, 7) is 8.80. The summed E-state index contributed by atoms with van der Waals surface area (Å²) in [7, 11) is 3.55. The lowest BCUT2D eigenvalue weighted by Gasteiger charge is -2.62. The van der Waals surface area contributed by atoms with E-state index in [0.29, 0.717) is 58.1 Å². The van der Waals surface area contributed by atoms with Gasteiger partial charge in [-0.15, -0.1) is 11.8 Å². The Morgan fingerprint density at radius 2 is 1.82 bits per heavy atom. The molecule has 0 saturated carbocycles. The largest absolute Gasteiger partial charge is 0.508 e. The number of hydrogen-bond acceptors (Lipinski definition) is 14. The number of esters is 2. The Kier molecular flexibility index (Phi) is 8.70. The average Bonchev–Trinajstić information content (AvgIpc) is 3.66. The quantitative estimate of drug-likeness (QED) is 0.239. The van der Waals surface area contributed by atoms with Crippen molar-refractivity contribution in [2.24, 2.45) is 0 Å². The molecule has 294 valence electrons. The highest BCUT2D eigenvalue weighted by molar-refractivity contribution is 7.99. The predicted molar refractivity (Wildman–Crippen MR) is 205 cm³/mol. The van der Waals surface area contributed by atoms with Crippen molar-refractivity contribution in [3.63, 3.8) is 0 Å². The fraction of sp³-hybridized carbons (Fsp3) is 0.500. The number of likely N-dealkylation sites (N-methyl/N-ethyl adjacent to an activating group) is 1. The zero-order valence-electron chi connectivity index (χ0n) is 32.5. The molecule has 0 aliphatic carbocycles. The number of hydrogen-bond donors (Lipinski definition) is 3. The van der Waals surface area contributed by atoms with Crippen molar-refractivity contribution < 1.29 is 43.5 Å². The third-order valence-electron chi connectivity index (χ3n) is 13.0.